The van der Waals surface area contributed by atoms with E-state index in [1.54, 1.807) is 0 Å². The SMILES string of the molecule is CNC(=O)CC1CN1C(=O)[C@H](CC=O)NC(=O)[C@H](COC(=O)O)NC(=O)C[C@H](NC(=O)c1ccc(NCc2cnc3nc(N)[nH]c(=O)c3n2)cc1)C(=O)O. The number of nitrogen functional groups attached to an aromatic ring is 1. The van der Waals surface area contributed by atoms with Gasteiger partial charge in [0.1, 0.15) is 31.0 Å². The number of nitrogens with one attached hydrogen (secondary N) is 6. The van der Waals surface area contributed by atoms with Gasteiger partial charge >= 0.3 is 12.1 Å². The van der Waals surface area contributed by atoms with E-state index < -0.39 is 84.9 Å². The predicted octanol–water partition coefficient (Wildman–Crippen LogP) is -2.92. The summed E-state index contributed by atoms with van der Waals surface area (Å²) < 4.78 is 4.43. The van der Waals surface area contributed by atoms with Crippen LogP contribution in [-0.2, 0) is 40.0 Å². The van der Waals surface area contributed by atoms with Gasteiger partial charge in [-0.3, -0.25) is 33.8 Å². The molecule has 3 aromatic rings. The molecule has 0 aliphatic carbocycles. The summed E-state index contributed by atoms with van der Waals surface area (Å²) in [5.41, 5.74) is 5.91. The zero-order valence-corrected chi connectivity index (χ0v) is 28.4. The highest BCUT2D eigenvalue weighted by Gasteiger charge is 2.43. The molecule has 23 heteroatoms. The number of aromatic nitrogens is 4. The molecule has 0 spiro atoms. The number of ether oxygens (including phenoxy) is 1. The summed E-state index contributed by atoms with van der Waals surface area (Å²) in [5, 5.41) is 30.7. The van der Waals surface area contributed by atoms with Crippen LogP contribution in [0.2, 0.25) is 0 Å². The molecule has 5 amide bonds. The van der Waals surface area contributed by atoms with Gasteiger partial charge < -0.3 is 57.0 Å². The summed E-state index contributed by atoms with van der Waals surface area (Å²) in [4.78, 5) is 126. The number of hydrogen-bond acceptors (Lipinski definition) is 15. The zero-order valence-electron chi connectivity index (χ0n) is 28.4. The minimum absolute atomic E-state index is 0.00914. The summed E-state index contributed by atoms with van der Waals surface area (Å²) in [6.45, 7) is -0.651. The minimum Gasteiger partial charge on any atom is -0.480 e. The summed E-state index contributed by atoms with van der Waals surface area (Å²) >= 11 is 0. The molecule has 1 aliphatic heterocycles. The first kappa shape index (κ1) is 39.6. The zero-order chi connectivity index (χ0) is 39.5. The van der Waals surface area contributed by atoms with Gasteiger partial charge in [0.05, 0.1) is 30.9 Å². The second-order valence-electron chi connectivity index (χ2n) is 11.7. The fourth-order valence-electron chi connectivity index (χ4n) is 4.94. The molecular weight excluding hydrogens is 718 g/mol. The third kappa shape index (κ3) is 10.9. The van der Waals surface area contributed by atoms with Crippen molar-refractivity contribution in [1.82, 2.24) is 46.1 Å². The Morgan fingerprint density at radius 3 is 2.39 bits per heavy atom. The quantitative estimate of drug-likeness (QED) is 0.0357. The molecule has 1 fully saturated rings. The van der Waals surface area contributed by atoms with Crippen molar-refractivity contribution >= 4 is 70.7 Å². The number of carboxylic acid groups (broad SMARTS) is 2. The lowest BCUT2D eigenvalue weighted by atomic mass is 10.1. The van der Waals surface area contributed by atoms with Gasteiger partial charge in [-0.15, -0.1) is 0 Å². The third-order valence-corrected chi connectivity index (χ3v) is 7.77. The number of hydrogen-bond donors (Lipinski definition) is 9. The molecule has 1 unspecified atom stereocenters. The maximum atomic E-state index is 13.1. The molecule has 1 aromatic carbocycles. The molecule has 0 saturated carbocycles. The number of aromatic amines is 1. The monoisotopic (exact) mass is 753 g/mol. The van der Waals surface area contributed by atoms with E-state index in [-0.39, 0.29) is 48.1 Å². The number of benzene rings is 1. The Hall–Kier alpha value is -7.20. The fourth-order valence-corrected chi connectivity index (χ4v) is 4.94. The van der Waals surface area contributed by atoms with E-state index in [0.29, 0.717) is 17.7 Å². The molecule has 2 aromatic heterocycles. The van der Waals surface area contributed by atoms with Gasteiger partial charge in [-0.1, -0.05) is 0 Å². The van der Waals surface area contributed by atoms with E-state index >= 15 is 0 Å². The van der Waals surface area contributed by atoms with E-state index in [0.717, 1.165) is 0 Å². The molecule has 54 heavy (non-hydrogen) atoms. The van der Waals surface area contributed by atoms with Crippen LogP contribution in [0.1, 0.15) is 35.3 Å². The van der Waals surface area contributed by atoms with Crippen LogP contribution in [-0.4, -0.2) is 127 Å². The van der Waals surface area contributed by atoms with Crippen molar-refractivity contribution in [3.63, 3.8) is 0 Å². The summed E-state index contributed by atoms with van der Waals surface area (Å²) in [7, 11) is 1.42. The average Bonchev–Trinajstić information content (AvgIpc) is 3.90. The topological polar surface area (TPSA) is 347 Å². The van der Waals surface area contributed by atoms with Gasteiger partial charge in [-0.2, -0.15) is 4.98 Å². The van der Waals surface area contributed by atoms with Crippen molar-refractivity contribution in [3.8, 4) is 0 Å². The Morgan fingerprint density at radius 2 is 1.74 bits per heavy atom. The van der Waals surface area contributed by atoms with E-state index in [1.807, 2.05) is 0 Å². The van der Waals surface area contributed by atoms with Gasteiger partial charge in [0.15, 0.2) is 11.2 Å². The lowest BCUT2D eigenvalue weighted by Gasteiger charge is -2.22. The number of carbonyl (C=O) groups is 8. The minimum atomic E-state index is -1.82. The van der Waals surface area contributed by atoms with Crippen LogP contribution in [0.15, 0.2) is 35.3 Å². The normalized spacial score (nSPS) is 14.8. The maximum absolute atomic E-state index is 13.1. The largest absolute Gasteiger partial charge is 0.505 e. The number of nitrogens with two attached hydrogens (primary N) is 1. The highest BCUT2D eigenvalue weighted by atomic mass is 16.7. The predicted molar refractivity (Wildman–Crippen MR) is 182 cm³/mol. The number of nitrogens with zero attached hydrogens (tertiary/aromatic N) is 4. The van der Waals surface area contributed by atoms with Crippen molar-refractivity contribution in [1.29, 1.82) is 0 Å². The second-order valence-corrected chi connectivity index (χ2v) is 11.7. The van der Waals surface area contributed by atoms with Gasteiger partial charge in [0.2, 0.25) is 29.6 Å². The molecular formula is C31H35N11O12. The molecule has 10 N–H and O–H groups in total. The number of rotatable bonds is 18. The molecule has 3 heterocycles. The van der Waals surface area contributed by atoms with Gasteiger partial charge in [0.25, 0.3) is 11.5 Å². The van der Waals surface area contributed by atoms with Crippen LogP contribution >= 0.6 is 0 Å². The van der Waals surface area contributed by atoms with E-state index in [4.69, 9.17) is 10.8 Å². The van der Waals surface area contributed by atoms with Crippen LogP contribution in [0.25, 0.3) is 11.2 Å². The highest BCUT2D eigenvalue weighted by molar-refractivity contribution is 5.99. The van der Waals surface area contributed by atoms with Gasteiger partial charge in [0, 0.05) is 37.7 Å². The Bertz CT molecular complexity index is 2010. The van der Waals surface area contributed by atoms with Crippen LogP contribution in [0.3, 0.4) is 0 Å². The molecule has 4 rings (SSSR count). The summed E-state index contributed by atoms with van der Waals surface area (Å²) in [6, 6.07) is 0.223. The van der Waals surface area contributed by atoms with E-state index in [1.165, 1.54) is 42.4 Å². The van der Waals surface area contributed by atoms with Crippen LogP contribution < -0.4 is 37.9 Å². The Labute approximate surface area is 303 Å². The van der Waals surface area contributed by atoms with E-state index in [2.05, 4.69) is 51.3 Å². The Balaban J connectivity index is 1.34. The lowest BCUT2D eigenvalue weighted by Crippen LogP contribution is -2.55. The summed E-state index contributed by atoms with van der Waals surface area (Å²) in [6.07, 6.45) is -1.49. The smallest absolute Gasteiger partial charge is 0.480 e. The standard InChI is InChI=1S/C31H35N11O12/c1-33-21(44)8-17-12-42(17)28(49)18(6-7-43)38-26(47)20(13-54-31(52)53)37-22(45)9-19(29(50)51)39-25(46)14-2-4-15(5-3-14)34-10-16-11-35-24-23(36-16)27(48)41-30(32)40-24/h2-5,7,11,17-20,34H,6,8-10,12-13H2,1H3,(H,33,44)(H,37,45)(H,38,47)(H,39,46)(H,50,51)(H,52,53)(H3,32,35,40,41,48)/t17?,18-,19-,20-,42?/m0/s1. The van der Waals surface area contributed by atoms with Crippen LogP contribution in [0.4, 0.5) is 16.4 Å². The fraction of sp³-hybridized carbons (Fsp3) is 0.355. The molecule has 23 nitrogen and oxygen atoms in total. The summed E-state index contributed by atoms with van der Waals surface area (Å²) in [5.74, 6) is -5.89. The van der Waals surface area contributed by atoms with Crippen molar-refractivity contribution < 1.29 is 53.3 Å². The number of fused-ring (bicyclic) bond motifs is 1. The number of carboxylic acids is 1. The lowest BCUT2D eigenvalue weighted by molar-refractivity contribution is -0.141. The number of H-pyrrole nitrogens is 1. The molecule has 1 saturated heterocycles. The second kappa shape index (κ2) is 17.8. The molecule has 0 radical (unpaired) electrons. The Kier molecular flexibility index (Phi) is 13.1. The van der Waals surface area contributed by atoms with E-state index in [9.17, 15) is 48.3 Å². The first-order chi connectivity index (χ1) is 25.7. The average molecular weight is 754 g/mol. The molecule has 286 valence electrons. The van der Waals surface area contributed by atoms with Gasteiger partial charge in [-0.25, -0.2) is 19.6 Å². The number of anilines is 2. The molecule has 4 atom stereocenters. The maximum Gasteiger partial charge on any atom is 0.505 e. The first-order valence-electron chi connectivity index (χ1n) is 16.0. The third-order valence-electron chi connectivity index (χ3n) is 7.77. The molecule has 0 bridgehead atoms. The highest BCUT2D eigenvalue weighted by Crippen LogP contribution is 2.22. The van der Waals surface area contributed by atoms with Crippen LogP contribution in [0.5, 0.6) is 0 Å². The number of aldehydes is 1. The van der Waals surface area contributed by atoms with Crippen molar-refractivity contribution in [2.45, 2.75) is 50.0 Å². The number of amides is 5. The Morgan fingerprint density at radius 1 is 1.02 bits per heavy atom. The van der Waals surface area contributed by atoms with Crippen molar-refractivity contribution in [2.75, 3.05) is 31.2 Å². The van der Waals surface area contributed by atoms with Crippen molar-refractivity contribution in [2.24, 2.45) is 0 Å². The first-order valence-corrected chi connectivity index (χ1v) is 16.0. The van der Waals surface area contributed by atoms with Crippen LogP contribution in [0, 0.1) is 0 Å². The number of carbonyl (C=O) groups excluding carboxylic acids is 6. The van der Waals surface area contributed by atoms with Gasteiger partial charge in [-0.05, 0) is 24.3 Å². The van der Waals surface area contributed by atoms with Crippen molar-refractivity contribution in [3.05, 3.63) is 52.1 Å². The number of aliphatic carboxylic acids is 1. The molecule has 1 aliphatic rings.